The zero-order valence-corrected chi connectivity index (χ0v) is 79.1. The van der Waals surface area contributed by atoms with Crippen LogP contribution < -0.4 is 0 Å². The van der Waals surface area contributed by atoms with E-state index in [1.54, 1.807) is 0 Å². The Morgan fingerprint density at radius 1 is 0.239 bits per heavy atom. The maximum atomic E-state index is 13.1. The zero-order chi connectivity index (χ0) is 84.4. The summed E-state index contributed by atoms with van der Waals surface area (Å²) in [5.41, 5.74) is -1.54. The van der Waals surface area contributed by atoms with E-state index in [-0.39, 0.29) is 75.3 Å². The largest absolute Gasteiger partial charge is 2.00 e. The predicted molar refractivity (Wildman–Crippen MR) is 489 cm³/mol. The van der Waals surface area contributed by atoms with Crippen LogP contribution in [0.4, 0.5) is 0 Å². The molecule has 117 heavy (non-hydrogen) atoms. The molecule has 668 valence electrons. The first kappa shape index (κ1) is 113. The van der Waals surface area contributed by atoms with Gasteiger partial charge in [0.1, 0.15) is 20.2 Å². The molecular formula is C100H170CaO14S2. The fourth-order valence-corrected chi connectivity index (χ4v) is 16.6. The average molecular weight is 1700 g/mol. The third kappa shape index (κ3) is 69.5. The molecule has 0 heterocycles. The van der Waals surface area contributed by atoms with Crippen LogP contribution in [0.5, 0.6) is 0 Å². The van der Waals surface area contributed by atoms with Crippen molar-refractivity contribution in [3.8, 4) is 0 Å². The molecule has 2 aromatic carbocycles. The van der Waals surface area contributed by atoms with Crippen LogP contribution in [0.25, 0.3) is 0 Å². The summed E-state index contributed by atoms with van der Waals surface area (Å²) in [6.45, 7) is 8.87. The van der Waals surface area contributed by atoms with E-state index in [1.165, 1.54) is 358 Å². The average Bonchev–Trinajstić information content (AvgIpc) is 0.796. The van der Waals surface area contributed by atoms with Crippen molar-refractivity contribution in [2.24, 2.45) is 0 Å². The first-order chi connectivity index (χ1) is 56.6. The van der Waals surface area contributed by atoms with Crippen LogP contribution in [-0.4, -0.2) is 114 Å². The molecule has 0 radical (unpaired) electrons. The molecule has 17 heteroatoms. The summed E-state index contributed by atoms with van der Waals surface area (Å²) < 4.78 is 93.7. The van der Waals surface area contributed by atoms with E-state index in [4.69, 9.17) is 18.9 Å². The molecule has 0 bridgehead atoms. The van der Waals surface area contributed by atoms with Gasteiger partial charge in [-0.05, 0) is 129 Å². The van der Waals surface area contributed by atoms with Gasteiger partial charge in [0, 0.05) is 0 Å². The van der Waals surface area contributed by atoms with Gasteiger partial charge in [-0.25, -0.2) is 36.0 Å². The maximum Gasteiger partial charge on any atom is 2.00 e. The number of rotatable bonds is 82. The number of allylic oxidation sites excluding steroid dienone is 8. The Bertz CT molecular complexity index is 2810. The Labute approximate surface area is 747 Å². The van der Waals surface area contributed by atoms with Gasteiger partial charge >= 0.3 is 61.6 Å². The van der Waals surface area contributed by atoms with Crippen molar-refractivity contribution in [1.82, 2.24) is 0 Å². The topological polar surface area (TPSA) is 220 Å². The van der Waals surface area contributed by atoms with Gasteiger partial charge in [0.2, 0.25) is 0 Å². The van der Waals surface area contributed by atoms with E-state index in [0.717, 1.165) is 89.2 Å². The van der Waals surface area contributed by atoms with Crippen molar-refractivity contribution in [2.75, 3.05) is 26.4 Å². The standard InChI is InChI=1S/2C50H86O7S.Ca/c2*1-3-5-7-9-11-13-15-17-19-21-23-25-27-29-31-33-35-37-39-44-56-49(51)46-42-41-43-47(58(53,54)55)48(46)50(52)57-45-40-38-36-34-32-30-28-26-24-22-20-18-16-14-12-10-8-6-4-2;/h2*3-6,41-43H,7-40,44-45H2,1-2H3,(H,53,54,55);/q;;+2/p-2/b2*5-3+,6-4+;. The molecule has 0 saturated heterocycles. The Morgan fingerprint density at radius 2 is 0.385 bits per heavy atom. The van der Waals surface area contributed by atoms with E-state index in [2.05, 4.69) is 76.3 Å². The molecule has 0 aliphatic rings. The van der Waals surface area contributed by atoms with Gasteiger partial charge in [0.05, 0.1) is 58.5 Å². The van der Waals surface area contributed by atoms with Gasteiger partial charge in [0.15, 0.2) is 0 Å². The van der Waals surface area contributed by atoms with Crippen molar-refractivity contribution in [2.45, 2.75) is 474 Å². The summed E-state index contributed by atoms with van der Waals surface area (Å²) >= 11 is 0. The molecule has 0 aliphatic heterocycles. The van der Waals surface area contributed by atoms with E-state index in [0.29, 0.717) is 25.7 Å². The van der Waals surface area contributed by atoms with Crippen molar-refractivity contribution in [3.05, 3.63) is 107 Å². The van der Waals surface area contributed by atoms with Gasteiger partial charge in [-0.3, -0.25) is 0 Å². The van der Waals surface area contributed by atoms with Crippen LogP contribution in [0.2, 0.25) is 0 Å². The number of hydrogen-bond acceptors (Lipinski definition) is 14. The summed E-state index contributed by atoms with van der Waals surface area (Å²) in [4.78, 5) is 50.5. The fraction of sp³-hybridized carbons (Fsp3) is 0.760. The number of esters is 4. The van der Waals surface area contributed by atoms with Gasteiger partial charge in [-0.2, -0.15) is 0 Å². The predicted octanol–water partition coefficient (Wildman–Crippen LogP) is 30.3. The zero-order valence-electron chi connectivity index (χ0n) is 75.2. The number of carbonyl (C=O) groups is 4. The SMILES string of the molecule is C/C=C/CCCCCCCCCCCCCCCCCCOC(=O)c1cccc(S(=O)(=O)[O-])c1C(=O)OCCCCCCCCCCCCCCCCCC/C=C/C.C/C=C/CCCCCCCCCCCCCCCCCCOC(=O)c1cccc(S(=O)(=O)[O-])c1C(=O)OCCCCCCCCCCCCCCCCCC/C=C/C.[Ca+2]. The number of ether oxygens (including phenoxy) is 4. The monoisotopic (exact) mass is 1700 g/mol. The van der Waals surface area contributed by atoms with Crippen LogP contribution in [-0.2, 0) is 39.2 Å². The van der Waals surface area contributed by atoms with E-state index in [1.807, 2.05) is 0 Å². The van der Waals surface area contributed by atoms with Crippen LogP contribution >= 0.6 is 0 Å². The van der Waals surface area contributed by atoms with Crippen LogP contribution in [0, 0.1) is 0 Å². The maximum absolute atomic E-state index is 13.1. The molecule has 0 N–H and O–H groups in total. The molecule has 0 unspecified atom stereocenters. The minimum atomic E-state index is -5.02. The summed E-state index contributed by atoms with van der Waals surface area (Å²) in [5.74, 6) is -3.61. The number of hydrogen-bond donors (Lipinski definition) is 0. The third-order valence-corrected chi connectivity index (χ3v) is 24.1. The summed E-state index contributed by atoms with van der Waals surface area (Å²) in [6.07, 6.45) is 101. The van der Waals surface area contributed by atoms with Gasteiger partial charge in [-0.15, -0.1) is 0 Å². The first-order valence-electron chi connectivity index (χ1n) is 48.0. The fourth-order valence-electron chi connectivity index (χ4n) is 15.2. The van der Waals surface area contributed by atoms with Crippen LogP contribution in [0.1, 0.15) is 506 Å². The number of carbonyl (C=O) groups excluding carboxylic acids is 4. The summed E-state index contributed by atoms with van der Waals surface area (Å²) in [5, 5.41) is 0. The van der Waals surface area contributed by atoms with Crippen LogP contribution in [0.3, 0.4) is 0 Å². The molecule has 0 saturated carbocycles. The molecule has 0 fully saturated rings. The van der Waals surface area contributed by atoms with Gasteiger partial charge in [-0.1, -0.05) is 420 Å². The number of benzene rings is 2. The van der Waals surface area contributed by atoms with Crippen LogP contribution in [0.15, 0.2) is 94.8 Å². The smallest absolute Gasteiger partial charge is 0.744 e. The molecular weight excluding hydrogens is 1530 g/mol. The molecule has 0 aliphatic carbocycles. The Balaban J connectivity index is 0.00000228. The Hall–Kier alpha value is -3.64. The molecule has 14 nitrogen and oxygen atoms in total. The van der Waals surface area contributed by atoms with E-state index in [9.17, 15) is 45.1 Å². The molecule has 0 spiro atoms. The number of unbranched alkanes of at least 4 members (excludes halogenated alkanes) is 64. The molecule has 2 rings (SSSR count). The Morgan fingerprint density at radius 3 is 0.538 bits per heavy atom. The molecule has 0 atom stereocenters. The minimum absolute atomic E-state index is 0. The second-order valence-electron chi connectivity index (χ2n) is 32.9. The normalized spacial score (nSPS) is 11.8. The second-order valence-corrected chi connectivity index (χ2v) is 35.6. The second kappa shape index (κ2) is 84.6. The van der Waals surface area contributed by atoms with Gasteiger partial charge in [0.25, 0.3) is 0 Å². The Kier molecular flexibility index (Phi) is 81.9. The molecule has 0 aromatic heterocycles. The van der Waals surface area contributed by atoms with Crippen molar-refractivity contribution < 1.29 is 64.1 Å². The van der Waals surface area contributed by atoms with Crippen molar-refractivity contribution >= 4 is 81.9 Å². The first-order valence-corrected chi connectivity index (χ1v) is 50.8. The molecule has 2 aromatic rings. The van der Waals surface area contributed by atoms with Crippen molar-refractivity contribution in [3.63, 3.8) is 0 Å². The third-order valence-electron chi connectivity index (χ3n) is 22.4. The molecule has 0 amide bonds. The minimum Gasteiger partial charge on any atom is -0.744 e. The summed E-state index contributed by atoms with van der Waals surface area (Å²) in [7, 11) is -10.0. The van der Waals surface area contributed by atoms with E-state index >= 15 is 0 Å². The quantitative estimate of drug-likeness (QED) is 0.0150. The van der Waals surface area contributed by atoms with Gasteiger partial charge < -0.3 is 28.1 Å². The summed E-state index contributed by atoms with van der Waals surface area (Å²) in [6, 6.07) is 7.29. The van der Waals surface area contributed by atoms with E-state index < -0.39 is 65.0 Å². The van der Waals surface area contributed by atoms with Crippen molar-refractivity contribution in [1.29, 1.82) is 0 Å².